The van der Waals surface area contributed by atoms with Gasteiger partial charge in [-0.05, 0) is 19.8 Å². The number of nitrogens with one attached hydrogen (secondary N) is 1. The maximum absolute atomic E-state index is 11.5. The van der Waals surface area contributed by atoms with Crippen LogP contribution in [0, 0.1) is 16.7 Å². The molecule has 1 rings (SSSR count). The van der Waals surface area contributed by atoms with Gasteiger partial charge in [0.05, 0.1) is 12.7 Å². The number of hydrogen-bond donors (Lipinski definition) is 1. The number of carbonyl (C=O) groups is 1. The van der Waals surface area contributed by atoms with E-state index in [1.807, 2.05) is 0 Å². The Kier molecular flexibility index (Phi) is 3.26. The van der Waals surface area contributed by atoms with Gasteiger partial charge in [0, 0.05) is 0 Å². The topological polar surface area (TPSA) is 62.1 Å². The van der Waals surface area contributed by atoms with Crippen LogP contribution in [0.2, 0.25) is 0 Å². The lowest BCUT2D eigenvalue weighted by molar-refractivity contribution is -0.140. The molecule has 0 radical (unpaired) electrons. The van der Waals surface area contributed by atoms with Gasteiger partial charge in [0.25, 0.3) is 5.91 Å². The second-order valence-electron chi connectivity index (χ2n) is 3.27. The SMILES string of the molecule is CCONC(=O)C1(C#N)CCCC1. The van der Waals surface area contributed by atoms with E-state index in [0.717, 1.165) is 12.8 Å². The van der Waals surface area contributed by atoms with Gasteiger partial charge < -0.3 is 0 Å². The van der Waals surface area contributed by atoms with Crippen molar-refractivity contribution in [3.63, 3.8) is 0 Å². The Morgan fingerprint density at radius 1 is 1.62 bits per heavy atom. The molecule has 4 nitrogen and oxygen atoms in total. The molecule has 1 N–H and O–H groups in total. The minimum absolute atomic E-state index is 0.283. The van der Waals surface area contributed by atoms with Crippen LogP contribution < -0.4 is 5.48 Å². The highest BCUT2D eigenvalue weighted by Gasteiger charge is 2.41. The molecular weight excluding hydrogens is 168 g/mol. The van der Waals surface area contributed by atoms with Crippen LogP contribution in [0.4, 0.5) is 0 Å². The van der Waals surface area contributed by atoms with E-state index in [2.05, 4.69) is 11.5 Å². The summed E-state index contributed by atoms with van der Waals surface area (Å²) in [6.07, 6.45) is 3.21. The molecule has 72 valence electrons. The fourth-order valence-electron chi connectivity index (χ4n) is 1.60. The normalized spacial score (nSPS) is 19.4. The van der Waals surface area contributed by atoms with E-state index in [-0.39, 0.29) is 5.91 Å². The first-order chi connectivity index (χ1) is 6.25. The van der Waals surface area contributed by atoms with Crippen molar-refractivity contribution in [2.45, 2.75) is 32.6 Å². The average Bonchev–Trinajstić information content (AvgIpc) is 2.63. The van der Waals surface area contributed by atoms with Gasteiger partial charge in [0.2, 0.25) is 0 Å². The summed E-state index contributed by atoms with van der Waals surface area (Å²) < 4.78 is 0. The molecule has 13 heavy (non-hydrogen) atoms. The maximum Gasteiger partial charge on any atom is 0.263 e. The first-order valence-corrected chi connectivity index (χ1v) is 4.58. The van der Waals surface area contributed by atoms with Crippen molar-refractivity contribution in [2.24, 2.45) is 5.41 Å². The van der Waals surface area contributed by atoms with E-state index in [4.69, 9.17) is 10.1 Å². The van der Waals surface area contributed by atoms with Crippen LogP contribution >= 0.6 is 0 Å². The van der Waals surface area contributed by atoms with Gasteiger partial charge in [0.15, 0.2) is 0 Å². The van der Waals surface area contributed by atoms with Crippen LogP contribution in [0.25, 0.3) is 0 Å². The van der Waals surface area contributed by atoms with E-state index in [1.165, 1.54) is 0 Å². The third-order valence-electron chi connectivity index (χ3n) is 2.41. The standard InChI is InChI=1S/C9H14N2O2/c1-2-13-11-8(12)9(7-10)5-3-4-6-9/h2-6H2,1H3,(H,11,12). The summed E-state index contributed by atoms with van der Waals surface area (Å²) in [5, 5.41) is 8.92. The number of carbonyl (C=O) groups excluding carboxylic acids is 1. The fraction of sp³-hybridized carbons (Fsp3) is 0.778. The highest BCUT2D eigenvalue weighted by Crippen LogP contribution is 2.37. The number of hydrogen-bond acceptors (Lipinski definition) is 3. The van der Waals surface area contributed by atoms with Crippen LogP contribution in [0.1, 0.15) is 32.6 Å². The second-order valence-corrected chi connectivity index (χ2v) is 3.27. The molecule has 0 heterocycles. The van der Waals surface area contributed by atoms with Crippen molar-refractivity contribution in [3.8, 4) is 6.07 Å². The minimum Gasteiger partial charge on any atom is -0.274 e. The Balaban J connectivity index is 2.56. The molecule has 0 spiro atoms. The van der Waals surface area contributed by atoms with Crippen LogP contribution in [-0.4, -0.2) is 12.5 Å². The van der Waals surface area contributed by atoms with Gasteiger partial charge in [-0.15, -0.1) is 0 Å². The first kappa shape index (κ1) is 10.0. The molecule has 1 saturated carbocycles. The van der Waals surface area contributed by atoms with Crippen molar-refractivity contribution in [1.29, 1.82) is 5.26 Å². The smallest absolute Gasteiger partial charge is 0.263 e. The summed E-state index contributed by atoms with van der Waals surface area (Å²) in [5.74, 6) is -0.283. The Morgan fingerprint density at radius 3 is 2.69 bits per heavy atom. The van der Waals surface area contributed by atoms with Crippen molar-refractivity contribution in [1.82, 2.24) is 5.48 Å². The first-order valence-electron chi connectivity index (χ1n) is 4.58. The van der Waals surface area contributed by atoms with Gasteiger partial charge in [-0.2, -0.15) is 5.26 Å². The molecule has 0 atom stereocenters. The predicted molar refractivity (Wildman–Crippen MR) is 46.3 cm³/mol. The zero-order chi connectivity index (χ0) is 9.73. The zero-order valence-electron chi connectivity index (χ0n) is 7.80. The lowest BCUT2D eigenvalue weighted by Crippen LogP contribution is -2.38. The van der Waals surface area contributed by atoms with Crippen molar-refractivity contribution >= 4 is 5.91 Å². The Hall–Kier alpha value is -1.08. The van der Waals surface area contributed by atoms with Gasteiger partial charge in [-0.3, -0.25) is 9.63 Å². The molecule has 0 bridgehead atoms. The monoisotopic (exact) mass is 182 g/mol. The lowest BCUT2D eigenvalue weighted by atomic mass is 9.87. The molecule has 0 aromatic carbocycles. The zero-order valence-corrected chi connectivity index (χ0v) is 7.80. The number of nitrogens with zero attached hydrogens (tertiary/aromatic N) is 1. The molecule has 1 aliphatic rings. The summed E-state index contributed by atoms with van der Waals surface area (Å²) >= 11 is 0. The van der Waals surface area contributed by atoms with Crippen LogP contribution in [0.15, 0.2) is 0 Å². The number of nitriles is 1. The molecule has 0 aromatic heterocycles. The van der Waals surface area contributed by atoms with Crippen LogP contribution in [0.3, 0.4) is 0 Å². The fourth-order valence-corrected chi connectivity index (χ4v) is 1.60. The van der Waals surface area contributed by atoms with Crippen LogP contribution in [0.5, 0.6) is 0 Å². The van der Waals surface area contributed by atoms with Gasteiger partial charge >= 0.3 is 0 Å². The molecule has 0 aliphatic heterocycles. The quantitative estimate of drug-likeness (QED) is 0.666. The predicted octanol–water partition coefficient (Wildman–Crippen LogP) is 1.14. The molecule has 0 unspecified atom stereocenters. The Labute approximate surface area is 77.8 Å². The van der Waals surface area contributed by atoms with Crippen molar-refractivity contribution in [3.05, 3.63) is 0 Å². The summed E-state index contributed by atoms with van der Waals surface area (Å²) in [6.45, 7) is 2.21. The average molecular weight is 182 g/mol. The number of amides is 1. The summed E-state index contributed by atoms with van der Waals surface area (Å²) in [6, 6.07) is 2.09. The highest BCUT2D eigenvalue weighted by atomic mass is 16.6. The van der Waals surface area contributed by atoms with Crippen LogP contribution in [-0.2, 0) is 9.63 Å². The minimum atomic E-state index is -0.824. The summed E-state index contributed by atoms with van der Waals surface area (Å²) in [4.78, 5) is 16.3. The maximum atomic E-state index is 11.5. The highest BCUT2D eigenvalue weighted by molar-refractivity contribution is 5.84. The van der Waals surface area contributed by atoms with Gasteiger partial charge in [0.1, 0.15) is 5.41 Å². The lowest BCUT2D eigenvalue weighted by Gasteiger charge is -2.18. The number of rotatable bonds is 3. The van der Waals surface area contributed by atoms with E-state index >= 15 is 0 Å². The van der Waals surface area contributed by atoms with Gasteiger partial charge in [-0.25, -0.2) is 5.48 Å². The number of hydroxylamine groups is 1. The molecular formula is C9H14N2O2. The molecule has 0 saturated heterocycles. The molecule has 1 amide bonds. The largest absolute Gasteiger partial charge is 0.274 e. The molecule has 0 aromatic rings. The second kappa shape index (κ2) is 4.24. The molecule has 1 aliphatic carbocycles. The van der Waals surface area contributed by atoms with Crippen molar-refractivity contribution < 1.29 is 9.63 Å². The Bertz CT molecular complexity index is 226. The van der Waals surface area contributed by atoms with Crippen molar-refractivity contribution in [2.75, 3.05) is 6.61 Å². The molecule has 1 fully saturated rings. The summed E-state index contributed by atoms with van der Waals surface area (Å²) in [7, 11) is 0. The molecule has 4 heteroatoms. The van der Waals surface area contributed by atoms with E-state index in [1.54, 1.807) is 6.92 Å². The third kappa shape index (κ3) is 1.99. The third-order valence-corrected chi connectivity index (χ3v) is 2.41. The van der Waals surface area contributed by atoms with E-state index in [0.29, 0.717) is 19.4 Å². The van der Waals surface area contributed by atoms with E-state index < -0.39 is 5.41 Å². The van der Waals surface area contributed by atoms with E-state index in [9.17, 15) is 4.79 Å². The Morgan fingerprint density at radius 2 is 2.23 bits per heavy atom. The summed E-state index contributed by atoms with van der Waals surface area (Å²) in [5.41, 5.74) is 1.48. The van der Waals surface area contributed by atoms with Gasteiger partial charge in [-0.1, -0.05) is 12.8 Å².